The SMILES string of the molecule is CC/C=C\C/C=C\C/C=C\C/C=C\C/C=C\CCCCCCCCCCCCCCCC(=O)OC(COC(=O)CCC/C=C\C/C=C\C/C=C\C/C=C\C/C=C\CC)COP(=O)([O-])OCC[N+](C)(C)C. The lowest BCUT2D eigenvalue weighted by molar-refractivity contribution is -0.870. The Morgan fingerprint density at radius 2 is 0.786 bits per heavy atom. The Morgan fingerprint density at radius 3 is 1.19 bits per heavy atom. The van der Waals surface area contributed by atoms with Crippen LogP contribution in [-0.4, -0.2) is 70.0 Å². The molecule has 2 unspecified atom stereocenters. The summed E-state index contributed by atoms with van der Waals surface area (Å²) in [7, 11) is 1.12. The highest BCUT2D eigenvalue weighted by atomic mass is 31.2. The highest BCUT2D eigenvalue weighted by Crippen LogP contribution is 2.38. The molecule has 0 aliphatic carbocycles. The molecule has 70 heavy (non-hydrogen) atoms. The number of ether oxygens (including phenoxy) is 2. The van der Waals surface area contributed by atoms with Crippen LogP contribution in [0.5, 0.6) is 0 Å². The zero-order valence-corrected chi connectivity index (χ0v) is 45.8. The Kier molecular flexibility index (Phi) is 47.8. The van der Waals surface area contributed by atoms with Crippen LogP contribution in [0.4, 0.5) is 0 Å². The number of hydrogen-bond acceptors (Lipinski definition) is 8. The maximum absolute atomic E-state index is 12.8. The van der Waals surface area contributed by atoms with E-state index in [2.05, 4.69) is 129 Å². The summed E-state index contributed by atoms with van der Waals surface area (Å²) in [4.78, 5) is 37.8. The van der Waals surface area contributed by atoms with Crippen LogP contribution >= 0.6 is 7.82 Å². The molecule has 0 aromatic heterocycles. The van der Waals surface area contributed by atoms with Crippen molar-refractivity contribution < 1.29 is 42.1 Å². The Bertz CT molecular complexity index is 1590. The molecular formula is C60H100NO8P. The lowest BCUT2D eigenvalue weighted by atomic mass is 10.0. The van der Waals surface area contributed by atoms with Crippen molar-refractivity contribution in [2.24, 2.45) is 0 Å². The van der Waals surface area contributed by atoms with Crippen LogP contribution in [0, 0.1) is 0 Å². The maximum atomic E-state index is 12.8. The van der Waals surface area contributed by atoms with Gasteiger partial charge in [0.25, 0.3) is 7.82 Å². The molecule has 0 saturated heterocycles. The zero-order valence-electron chi connectivity index (χ0n) is 44.9. The van der Waals surface area contributed by atoms with E-state index in [-0.39, 0.29) is 26.1 Å². The van der Waals surface area contributed by atoms with E-state index in [1.807, 2.05) is 27.2 Å². The molecule has 2 atom stereocenters. The Balaban J connectivity index is 4.24. The van der Waals surface area contributed by atoms with Crippen LogP contribution in [0.3, 0.4) is 0 Å². The van der Waals surface area contributed by atoms with Gasteiger partial charge in [-0.2, -0.15) is 0 Å². The monoisotopic (exact) mass is 994 g/mol. The quantitative estimate of drug-likeness (QED) is 0.0195. The number of esters is 2. The molecule has 0 aromatic rings. The molecule has 398 valence electrons. The van der Waals surface area contributed by atoms with E-state index < -0.39 is 32.5 Å². The topological polar surface area (TPSA) is 111 Å². The van der Waals surface area contributed by atoms with Gasteiger partial charge in [-0.1, -0.05) is 206 Å². The van der Waals surface area contributed by atoms with Crippen LogP contribution < -0.4 is 4.89 Å². The molecule has 0 fully saturated rings. The number of likely N-dealkylation sites (N-methyl/N-ethyl adjacent to an activating group) is 1. The van der Waals surface area contributed by atoms with Gasteiger partial charge in [-0.25, -0.2) is 0 Å². The van der Waals surface area contributed by atoms with Crippen molar-refractivity contribution >= 4 is 19.8 Å². The predicted molar refractivity (Wildman–Crippen MR) is 295 cm³/mol. The number of unbranched alkanes of at least 4 members (excludes halogenated alkanes) is 14. The third-order valence-corrected chi connectivity index (χ3v) is 11.9. The summed E-state index contributed by atoms with van der Waals surface area (Å²) in [6, 6.07) is 0. The van der Waals surface area contributed by atoms with Gasteiger partial charge in [-0.3, -0.25) is 14.2 Å². The molecule has 0 spiro atoms. The summed E-state index contributed by atoms with van der Waals surface area (Å²) in [6.07, 6.45) is 71.1. The summed E-state index contributed by atoms with van der Waals surface area (Å²) in [5.74, 6) is -0.912. The fraction of sp³-hybridized carbons (Fsp3) is 0.633. The molecule has 0 rings (SSSR count). The smallest absolute Gasteiger partial charge is 0.306 e. The Labute approximate surface area is 428 Å². The number of nitrogens with zero attached hydrogens (tertiary/aromatic N) is 1. The van der Waals surface area contributed by atoms with Gasteiger partial charge in [0.15, 0.2) is 6.10 Å². The van der Waals surface area contributed by atoms with E-state index in [4.69, 9.17) is 18.5 Å². The van der Waals surface area contributed by atoms with Crippen LogP contribution in [0.1, 0.15) is 194 Å². The highest BCUT2D eigenvalue weighted by molar-refractivity contribution is 7.45. The number of phosphoric ester groups is 1. The predicted octanol–water partition coefficient (Wildman–Crippen LogP) is 16.2. The molecule has 0 aliphatic heterocycles. The number of rotatable bonds is 48. The third kappa shape index (κ3) is 53.8. The van der Waals surface area contributed by atoms with Gasteiger partial charge >= 0.3 is 11.9 Å². The summed E-state index contributed by atoms with van der Waals surface area (Å²) >= 11 is 0. The van der Waals surface area contributed by atoms with E-state index in [1.165, 1.54) is 64.2 Å². The lowest BCUT2D eigenvalue weighted by Gasteiger charge is -2.28. The van der Waals surface area contributed by atoms with E-state index in [9.17, 15) is 19.0 Å². The second kappa shape index (κ2) is 50.4. The molecule has 0 aliphatic rings. The molecule has 0 radical (unpaired) electrons. The summed E-state index contributed by atoms with van der Waals surface area (Å²) < 4.78 is 34.0. The minimum absolute atomic E-state index is 0.0461. The van der Waals surface area contributed by atoms with Crippen molar-refractivity contribution in [1.29, 1.82) is 0 Å². The average molecular weight is 994 g/mol. The minimum Gasteiger partial charge on any atom is -0.756 e. The first-order chi connectivity index (χ1) is 34.0. The fourth-order valence-corrected chi connectivity index (χ4v) is 7.56. The van der Waals surface area contributed by atoms with Gasteiger partial charge in [-0.15, -0.1) is 0 Å². The first-order valence-electron chi connectivity index (χ1n) is 27.2. The standard InChI is InChI=1S/C60H100NO8P/c1-6-8-10-12-14-16-18-20-22-24-25-26-27-28-29-30-31-32-33-34-35-37-39-41-43-45-47-49-51-53-60(63)69-58(57-68-70(64,65)67-55-54-61(3,4)5)56-66-59(62)52-50-48-46-44-42-40-38-36-23-21-19-17-15-13-11-9-7-2/h8-11,14-17,20-23,25-26,28-29,38,40,44,46,58H,6-7,12-13,18-19,24,27,30-37,39,41-43,45,47-57H2,1-5H3/b10-8-,11-9-,16-14-,17-15-,22-20-,23-21-,26-25-,29-28-,40-38-,46-44-. The van der Waals surface area contributed by atoms with Crippen molar-refractivity contribution in [1.82, 2.24) is 0 Å². The van der Waals surface area contributed by atoms with Gasteiger partial charge in [0.05, 0.1) is 27.7 Å². The normalized spacial score (nSPS) is 14.3. The molecular weight excluding hydrogens is 894 g/mol. The average Bonchev–Trinajstić information content (AvgIpc) is 3.32. The second-order valence-electron chi connectivity index (χ2n) is 18.8. The van der Waals surface area contributed by atoms with Crippen LogP contribution in [0.2, 0.25) is 0 Å². The van der Waals surface area contributed by atoms with Crippen molar-refractivity contribution in [3.05, 3.63) is 122 Å². The number of quaternary nitrogens is 1. The molecule has 0 bridgehead atoms. The van der Waals surface area contributed by atoms with Crippen LogP contribution in [0.25, 0.3) is 0 Å². The number of hydrogen-bond donors (Lipinski definition) is 0. The Hall–Kier alpha value is -3.59. The molecule has 0 amide bonds. The maximum Gasteiger partial charge on any atom is 0.306 e. The minimum atomic E-state index is -4.65. The van der Waals surface area contributed by atoms with Gasteiger partial charge in [0, 0.05) is 12.8 Å². The fourth-order valence-electron chi connectivity index (χ4n) is 6.83. The van der Waals surface area contributed by atoms with Crippen molar-refractivity contribution in [2.45, 2.75) is 200 Å². The van der Waals surface area contributed by atoms with Crippen LogP contribution in [-0.2, 0) is 32.7 Å². The molecule has 9 nitrogen and oxygen atoms in total. The van der Waals surface area contributed by atoms with Crippen molar-refractivity contribution in [2.75, 3.05) is 47.5 Å². The highest BCUT2D eigenvalue weighted by Gasteiger charge is 2.21. The van der Waals surface area contributed by atoms with Gasteiger partial charge < -0.3 is 27.9 Å². The second-order valence-corrected chi connectivity index (χ2v) is 20.2. The first-order valence-corrected chi connectivity index (χ1v) is 28.7. The lowest BCUT2D eigenvalue weighted by Crippen LogP contribution is -2.37. The summed E-state index contributed by atoms with van der Waals surface area (Å²) in [6.45, 7) is 3.92. The Morgan fingerprint density at radius 1 is 0.443 bits per heavy atom. The van der Waals surface area contributed by atoms with E-state index in [0.29, 0.717) is 23.9 Å². The number of phosphoric acid groups is 1. The number of allylic oxidation sites excluding steroid dienone is 20. The third-order valence-electron chi connectivity index (χ3n) is 11.0. The molecule has 0 aromatic carbocycles. The van der Waals surface area contributed by atoms with Gasteiger partial charge in [0.1, 0.15) is 19.8 Å². The van der Waals surface area contributed by atoms with Gasteiger partial charge in [-0.05, 0) is 96.3 Å². The number of carbonyl (C=O) groups is 2. The summed E-state index contributed by atoms with van der Waals surface area (Å²) in [5, 5.41) is 0. The molecule has 0 heterocycles. The largest absolute Gasteiger partial charge is 0.756 e. The van der Waals surface area contributed by atoms with Crippen molar-refractivity contribution in [3.63, 3.8) is 0 Å². The van der Waals surface area contributed by atoms with Gasteiger partial charge in [0.2, 0.25) is 0 Å². The van der Waals surface area contributed by atoms with E-state index in [0.717, 1.165) is 89.9 Å². The zero-order chi connectivity index (χ0) is 51.3. The molecule has 10 heteroatoms. The summed E-state index contributed by atoms with van der Waals surface area (Å²) in [5.41, 5.74) is 0. The van der Waals surface area contributed by atoms with E-state index >= 15 is 0 Å². The molecule has 0 N–H and O–H groups in total. The molecule has 0 saturated carbocycles. The van der Waals surface area contributed by atoms with Crippen LogP contribution in [0.15, 0.2) is 122 Å². The first kappa shape index (κ1) is 66.4. The van der Waals surface area contributed by atoms with E-state index in [1.54, 1.807) is 0 Å². The van der Waals surface area contributed by atoms with Crippen molar-refractivity contribution in [3.8, 4) is 0 Å². The number of carbonyl (C=O) groups excluding carboxylic acids is 2.